The topological polar surface area (TPSA) is 108 Å². The molecule has 0 radical (unpaired) electrons. The summed E-state index contributed by atoms with van der Waals surface area (Å²) in [4.78, 5) is 13.5. The Morgan fingerprint density at radius 1 is 0.520 bits per heavy atom. The third-order valence-electron chi connectivity index (χ3n) is 22.0. The van der Waals surface area contributed by atoms with Gasteiger partial charge in [0.15, 0.2) is 0 Å². The fraction of sp³-hybridized carbons (Fsp3) is 0.442. The molecule has 7 aromatic carbocycles. The lowest BCUT2D eigenvalue weighted by Crippen LogP contribution is -2.40. The zero-order valence-electron chi connectivity index (χ0n) is 60.2. The molecule has 0 saturated carbocycles. The first-order chi connectivity index (χ1) is 49.3. The fourth-order valence-corrected chi connectivity index (χ4v) is 18.2. The van der Waals surface area contributed by atoms with Gasteiger partial charge in [-0.05, 0) is 181 Å². The molecule has 3 aromatic heterocycles. The van der Waals surface area contributed by atoms with Gasteiger partial charge in [0, 0.05) is 116 Å². The molecular weight excluding hydrogens is 1270 g/mol. The number of nitrogens with one attached hydrogen (secondary N) is 1. The highest BCUT2D eigenvalue weighted by molar-refractivity contribution is 7.00. The summed E-state index contributed by atoms with van der Waals surface area (Å²) < 4.78 is 25.4. The van der Waals surface area contributed by atoms with Crippen molar-refractivity contribution in [2.75, 3.05) is 67.1 Å². The molecule has 14 heteroatoms. The van der Waals surface area contributed by atoms with E-state index in [4.69, 9.17) is 27.8 Å². The summed E-state index contributed by atoms with van der Waals surface area (Å²) in [5, 5.41) is 12.1. The van der Waals surface area contributed by atoms with E-state index in [2.05, 4.69) is 204 Å². The molecule has 0 spiro atoms. The number of aromatic nitrogens is 6. The molecule has 1 saturated heterocycles. The highest BCUT2D eigenvalue weighted by Gasteiger charge is 2.37. The second kappa shape index (κ2) is 31.1. The summed E-state index contributed by atoms with van der Waals surface area (Å²) in [5.74, 6) is 1.45. The molecule has 10 aromatic rings. The van der Waals surface area contributed by atoms with E-state index in [9.17, 15) is 0 Å². The Labute approximate surface area is 602 Å². The number of nitrogens with zero attached hydrogens (tertiary/aromatic N) is 11. The standard InChI is InChI=1S/C45H54N6S.C41H48N6S/c1-5-7-12-24-49-26-14-18-33-28-35(20-22-37(33)49)39-41-42(48-52-47-41)40(36-21-23-38-34(29-36)19-15-27-50(38)25-13-8-6-2)44-43(39)46-45(51(44)30-31(3)4)32-16-10-9-11-17-32;1-3-5-10-22-46-24-12-16-29-26-31(18-20-33(29)46)35-37-38(43-41(42-37)28-14-8-7-9-15-28)36(40-39(35)44-48-45-40)32-19-21-34-30(27-32)17-13-25-47(34)23-11-6-4-2/h9-11,16-17,20-23,28-29,31H,5-8,12-15,18-19,24-27,30H2,1-4H3;7-9,14-15,18-21,26-27,37,41-42H,3-6,10-13,16-17,22-25H2,1-2H3. The summed E-state index contributed by atoms with van der Waals surface area (Å²) in [6.45, 7) is 23.8. The smallest absolute Gasteiger partial charge is 0.203 e. The summed E-state index contributed by atoms with van der Waals surface area (Å²) in [6.07, 6.45) is 24.3. The van der Waals surface area contributed by atoms with Crippen LogP contribution in [-0.2, 0) is 32.2 Å². The summed E-state index contributed by atoms with van der Waals surface area (Å²) in [7, 11) is 0. The number of hydrogen-bond donors (Lipinski definition) is 1. The highest BCUT2D eigenvalue weighted by atomic mass is 32.1. The molecular formula is C86H102N12S2. The number of unbranched alkanes of at least 4 members (excludes halogenated alkanes) is 8. The van der Waals surface area contributed by atoms with Crippen molar-refractivity contribution in [3.8, 4) is 33.6 Å². The van der Waals surface area contributed by atoms with Crippen molar-refractivity contribution in [1.82, 2.24) is 36.9 Å². The Kier molecular flexibility index (Phi) is 21.0. The lowest BCUT2D eigenvalue weighted by atomic mass is 9.83. The first-order valence-corrected chi connectivity index (χ1v) is 40.0. The molecule has 5 aliphatic heterocycles. The molecule has 8 heterocycles. The van der Waals surface area contributed by atoms with Crippen LogP contribution < -0.4 is 35.2 Å². The molecule has 2 atom stereocenters. The number of rotatable bonds is 23. The van der Waals surface area contributed by atoms with Gasteiger partial charge in [-0.1, -0.05) is 165 Å². The quantitative estimate of drug-likeness (QED) is 0.0495. The SMILES string of the molecule is CCCCCN1CCCc2cc(-c3c4nsnc4c(-c4ccc5c(c4)CCCN5CCCCC)c4c3nc(-c3ccccc3)n4CC(C)C)ccc21.CCCCCN1CCCc2cc(C3=C4[N-]C(c5ccccc5)NC4C(=c4ccc5c(c4)CCC[N+]=5CCCCC)c4nsnc43)ccc21. The zero-order chi connectivity index (χ0) is 68.1. The van der Waals surface area contributed by atoms with Crippen molar-refractivity contribution in [3.05, 3.63) is 200 Å². The Bertz CT molecular complexity index is 4700. The maximum Gasteiger partial charge on any atom is 0.203 e. The molecule has 12 nitrogen and oxygen atoms in total. The number of anilines is 3. The van der Waals surface area contributed by atoms with Crippen LogP contribution >= 0.6 is 23.5 Å². The van der Waals surface area contributed by atoms with E-state index >= 15 is 0 Å². The van der Waals surface area contributed by atoms with Gasteiger partial charge in [-0.25, -0.2) is 9.56 Å². The molecule has 1 N–H and O–H groups in total. The molecule has 2 unspecified atom stereocenters. The van der Waals surface area contributed by atoms with Crippen LogP contribution in [0.3, 0.4) is 0 Å². The number of hydrogen-bond acceptors (Lipinski definition) is 11. The van der Waals surface area contributed by atoms with Gasteiger partial charge in [-0.15, -0.1) is 5.70 Å². The van der Waals surface area contributed by atoms with Crippen LogP contribution in [0.1, 0.15) is 195 Å². The normalized spacial score (nSPS) is 17.6. The molecule has 1 aliphatic carbocycles. The van der Waals surface area contributed by atoms with Crippen LogP contribution in [0.5, 0.6) is 0 Å². The molecule has 0 bridgehead atoms. The first kappa shape index (κ1) is 67.8. The fourth-order valence-electron chi connectivity index (χ4n) is 17.1. The maximum atomic E-state index is 5.63. The van der Waals surface area contributed by atoms with Gasteiger partial charge in [-0.3, -0.25) is 0 Å². The molecule has 6 aliphatic rings. The average molecular weight is 1370 g/mol. The van der Waals surface area contributed by atoms with Crippen LogP contribution in [-0.4, -0.2) is 85.4 Å². The largest absolute Gasteiger partial charge is 0.668 e. The van der Waals surface area contributed by atoms with Crippen molar-refractivity contribution >= 4 is 73.7 Å². The van der Waals surface area contributed by atoms with Crippen molar-refractivity contribution in [2.24, 2.45) is 5.92 Å². The predicted octanol–water partition coefficient (Wildman–Crippen LogP) is 18.7. The van der Waals surface area contributed by atoms with E-state index in [0.29, 0.717) is 5.92 Å². The van der Waals surface area contributed by atoms with Crippen molar-refractivity contribution < 1.29 is 0 Å². The molecule has 518 valence electrons. The van der Waals surface area contributed by atoms with Crippen molar-refractivity contribution in [2.45, 2.75) is 189 Å². The van der Waals surface area contributed by atoms with Crippen LogP contribution in [0.4, 0.5) is 17.1 Å². The van der Waals surface area contributed by atoms with E-state index in [1.807, 2.05) is 0 Å². The second-order valence-corrected chi connectivity index (χ2v) is 30.5. The number of fused-ring (bicyclic) bond motifs is 8. The van der Waals surface area contributed by atoms with Gasteiger partial charge in [0.1, 0.15) is 46.9 Å². The van der Waals surface area contributed by atoms with E-state index < -0.39 is 0 Å². The van der Waals surface area contributed by atoms with Crippen molar-refractivity contribution in [1.29, 1.82) is 0 Å². The number of benzene rings is 7. The molecule has 0 amide bonds. The number of imidazole rings is 1. The van der Waals surface area contributed by atoms with Gasteiger partial charge in [0.25, 0.3) is 0 Å². The Hall–Kier alpha value is -8.04. The minimum atomic E-state index is -0.123. The Balaban J connectivity index is 0.000000163. The maximum absolute atomic E-state index is 5.63. The lowest BCUT2D eigenvalue weighted by molar-refractivity contribution is 0.496. The van der Waals surface area contributed by atoms with E-state index in [0.717, 1.165) is 141 Å². The monoisotopic (exact) mass is 1370 g/mol. The van der Waals surface area contributed by atoms with Gasteiger partial charge in [0.05, 0.1) is 29.0 Å². The third kappa shape index (κ3) is 13.7. The molecule has 100 heavy (non-hydrogen) atoms. The van der Waals surface area contributed by atoms with Crippen LogP contribution in [0, 0.1) is 5.92 Å². The van der Waals surface area contributed by atoms with Crippen LogP contribution in [0.2, 0.25) is 0 Å². The number of aryl methyl sites for hydroxylation is 4. The molecule has 16 rings (SSSR count). The van der Waals surface area contributed by atoms with Gasteiger partial charge in [-0.2, -0.15) is 17.5 Å². The van der Waals surface area contributed by atoms with E-state index in [1.165, 1.54) is 215 Å². The van der Waals surface area contributed by atoms with Gasteiger partial charge < -0.3 is 29.9 Å². The van der Waals surface area contributed by atoms with Gasteiger partial charge in [0.2, 0.25) is 5.36 Å². The minimum absolute atomic E-state index is 0.0644. The second-order valence-electron chi connectivity index (χ2n) is 29.5. The van der Waals surface area contributed by atoms with E-state index in [-0.39, 0.29) is 12.2 Å². The van der Waals surface area contributed by atoms with E-state index in [1.54, 1.807) is 0 Å². The Morgan fingerprint density at radius 2 is 1.06 bits per heavy atom. The Morgan fingerprint density at radius 3 is 1.67 bits per heavy atom. The average Bonchev–Trinajstić information content (AvgIpc) is 1.54. The zero-order valence-corrected chi connectivity index (χ0v) is 61.8. The summed E-state index contributed by atoms with van der Waals surface area (Å²) in [5.41, 5.74) is 27.9. The van der Waals surface area contributed by atoms with Crippen LogP contribution in [0.15, 0.2) is 139 Å². The first-order valence-electron chi connectivity index (χ1n) is 38.5. The molecule has 1 fully saturated rings. The van der Waals surface area contributed by atoms with Crippen molar-refractivity contribution in [3.63, 3.8) is 0 Å². The summed E-state index contributed by atoms with van der Waals surface area (Å²) >= 11 is 2.66. The van der Waals surface area contributed by atoms with Gasteiger partial charge >= 0.3 is 0 Å². The third-order valence-corrected chi connectivity index (χ3v) is 23.0. The lowest BCUT2D eigenvalue weighted by Gasteiger charge is -2.34. The predicted molar refractivity (Wildman–Crippen MR) is 421 cm³/mol. The summed E-state index contributed by atoms with van der Waals surface area (Å²) in [6, 6.07) is 50.0. The minimum Gasteiger partial charge on any atom is -0.668 e. The van der Waals surface area contributed by atoms with Crippen LogP contribution in [0.25, 0.3) is 72.2 Å². The highest BCUT2D eigenvalue weighted by Crippen LogP contribution is 2.50.